The number of phenolic OH excluding ortho intramolecular Hbond substituents is 1. The molecule has 0 fully saturated rings. The van der Waals surface area contributed by atoms with E-state index in [-0.39, 0.29) is 30.5 Å². The second kappa shape index (κ2) is 9.32. The lowest BCUT2D eigenvalue weighted by Gasteiger charge is -2.18. The van der Waals surface area contributed by atoms with Gasteiger partial charge in [0.05, 0.1) is 23.4 Å². The Balaban J connectivity index is 1.68. The van der Waals surface area contributed by atoms with Crippen molar-refractivity contribution in [3.05, 3.63) is 76.1 Å². The van der Waals surface area contributed by atoms with Gasteiger partial charge in [0.15, 0.2) is 17.0 Å². The highest BCUT2D eigenvalue weighted by Crippen LogP contribution is 2.26. The van der Waals surface area contributed by atoms with Crippen LogP contribution in [0.2, 0.25) is 0 Å². The zero-order valence-electron chi connectivity index (χ0n) is 18.8. The van der Waals surface area contributed by atoms with Crippen molar-refractivity contribution in [2.45, 2.75) is 32.5 Å². The number of phenols is 1. The Bertz CT molecular complexity index is 1320. The fourth-order valence-electron chi connectivity index (χ4n) is 3.34. The van der Waals surface area contributed by atoms with Crippen LogP contribution < -0.4 is 10.6 Å². The molecule has 0 spiro atoms. The van der Waals surface area contributed by atoms with E-state index in [1.807, 2.05) is 34.9 Å². The number of hydrogen-bond donors (Lipinski definition) is 4. The van der Waals surface area contributed by atoms with E-state index < -0.39 is 10.5 Å². The molecule has 0 radical (unpaired) electrons. The van der Waals surface area contributed by atoms with E-state index in [4.69, 9.17) is 0 Å². The summed E-state index contributed by atoms with van der Waals surface area (Å²) in [5.74, 6) is 0.606. The summed E-state index contributed by atoms with van der Waals surface area (Å²) in [4.78, 5) is 24.1. The summed E-state index contributed by atoms with van der Waals surface area (Å²) in [5.41, 5.74) is 1.39. The predicted molar refractivity (Wildman–Crippen MR) is 128 cm³/mol. The van der Waals surface area contributed by atoms with Gasteiger partial charge in [-0.3, -0.25) is 10.1 Å². The molecule has 11 nitrogen and oxygen atoms in total. The summed E-state index contributed by atoms with van der Waals surface area (Å²) in [5, 5.41) is 37.5. The van der Waals surface area contributed by atoms with E-state index in [0.717, 1.165) is 5.56 Å². The molecule has 0 aliphatic heterocycles. The van der Waals surface area contributed by atoms with E-state index in [1.165, 1.54) is 18.2 Å². The van der Waals surface area contributed by atoms with Crippen molar-refractivity contribution in [3.8, 4) is 5.75 Å². The van der Waals surface area contributed by atoms with Crippen molar-refractivity contribution >= 4 is 28.6 Å². The first kappa shape index (κ1) is 22.9. The number of aromatic nitrogens is 4. The monoisotopic (exact) mass is 463 g/mol. The standard InChI is InChI=1S/C23H25N7O4/c1-23(2,32)13-25-22-27-20(24-11-16-10-17(30(33)34)8-9-18(16)31)19-21(28-22)29(14-26-19)12-15-6-4-3-5-7-15/h3-10,14,31-32H,11-13H2,1-2H3,(H2,24,25,27,28). The lowest BCUT2D eigenvalue weighted by molar-refractivity contribution is -0.384. The largest absolute Gasteiger partial charge is 0.508 e. The molecule has 176 valence electrons. The summed E-state index contributed by atoms with van der Waals surface area (Å²) in [6, 6.07) is 13.7. The lowest BCUT2D eigenvalue weighted by atomic mass is 10.1. The second-order valence-corrected chi connectivity index (χ2v) is 8.52. The molecule has 0 saturated heterocycles. The zero-order valence-corrected chi connectivity index (χ0v) is 18.8. The van der Waals surface area contributed by atoms with Gasteiger partial charge in [-0.15, -0.1) is 0 Å². The minimum atomic E-state index is -0.981. The number of nitro groups is 1. The molecule has 0 aliphatic rings. The van der Waals surface area contributed by atoms with Gasteiger partial charge in [-0.1, -0.05) is 30.3 Å². The van der Waals surface area contributed by atoms with E-state index in [0.29, 0.717) is 29.1 Å². The number of hydrogen-bond acceptors (Lipinski definition) is 9. The molecule has 2 aromatic carbocycles. The summed E-state index contributed by atoms with van der Waals surface area (Å²) in [6.45, 7) is 4.18. The number of anilines is 2. The van der Waals surface area contributed by atoms with Crippen molar-refractivity contribution in [3.63, 3.8) is 0 Å². The molecule has 4 aromatic rings. The topological polar surface area (TPSA) is 151 Å². The first-order valence-corrected chi connectivity index (χ1v) is 10.6. The maximum absolute atomic E-state index is 11.1. The van der Waals surface area contributed by atoms with Crippen LogP contribution in [0.4, 0.5) is 17.5 Å². The van der Waals surface area contributed by atoms with Crippen molar-refractivity contribution in [1.82, 2.24) is 19.5 Å². The van der Waals surface area contributed by atoms with E-state index in [2.05, 4.69) is 25.6 Å². The van der Waals surface area contributed by atoms with Gasteiger partial charge in [-0.05, 0) is 25.5 Å². The van der Waals surface area contributed by atoms with Crippen molar-refractivity contribution in [2.75, 3.05) is 17.2 Å². The number of nitrogens with one attached hydrogen (secondary N) is 2. The fourth-order valence-corrected chi connectivity index (χ4v) is 3.34. The van der Waals surface area contributed by atoms with Crippen molar-refractivity contribution in [2.24, 2.45) is 0 Å². The molecule has 11 heteroatoms. The molecular weight excluding hydrogens is 438 g/mol. The molecule has 2 aromatic heterocycles. The highest BCUT2D eigenvalue weighted by Gasteiger charge is 2.18. The van der Waals surface area contributed by atoms with E-state index in [1.54, 1.807) is 20.2 Å². The third kappa shape index (κ3) is 5.38. The quantitative estimate of drug-likeness (QED) is 0.216. The van der Waals surface area contributed by atoms with Crippen LogP contribution in [-0.2, 0) is 13.1 Å². The van der Waals surface area contributed by atoms with E-state index in [9.17, 15) is 20.3 Å². The maximum atomic E-state index is 11.1. The average molecular weight is 463 g/mol. The molecule has 0 bridgehead atoms. The smallest absolute Gasteiger partial charge is 0.270 e. The zero-order chi connectivity index (χ0) is 24.3. The van der Waals surface area contributed by atoms with Gasteiger partial charge >= 0.3 is 0 Å². The van der Waals surface area contributed by atoms with Gasteiger partial charge in [0.25, 0.3) is 5.69 Å². The fraction of sp³-hybridized carbons (Fsp3) is 0.261. The minimum Gasteiger partial charge on any atom is -0.508 e. The van der Waals surface area contributed by atoms with Gasteiger partial charge in [0, 0.05) is 30.8 Å². The third-order valence-corrected chi connectivity index (χ3v) is 5.06. The normalized spacial score (nSPS) is 11.5. The number of nitro benzene ring substituents is 1. The van der Waals surface area contributed by atoms with Gasteiger partial charge < -0.3 is 25.4 Å². The molecule has 4 rings (SSSR count). The maximum Gasteiger partial charge on any atom is 0.270 e. The molecule has 0 saturated carbocycles. The summed E-state index contributed by atoms with van der Waals surface area (Å²) >= 11 is 0. The Morgan fingerprint density at radius 3 is 2.59 bits per heavy atom. The van der Waals surface area contributed by atoms with Crippen molar-refractivity contribution < 1.29 is 15.1 Å². The molecule has 4 N–H and O–H groups in total. The summed E-state index contributed by atoms with van der Waals surface area (Å²) < 4.78 is 1.89. The molecule has 0 amide bonds. The Morgan fingerprint density at radius 2 is 1.88 bits per heavy atom. The Labute approximate surface area is 195 Å². The first-order valence-electron chi connectivity index (χ1n) is 10.6. The van der Waals surface area contributed by atoms with Crippen LogP contribution in [-0.4, -0.2) is 46.8 Å². The second-order valence-electron chi connectivity index (χ2n) is 8.52. The molecule has 34 heavy (non-hydrogen) atoms. The third-order valence-electron chi connectivity index (χ3n) is 5.06. The van der Waals surface area contributed by atoms with E-state index >= 15 is 0 Å². The highest BCUT2D eigenvalue weighted by atomic mass is 16.6. The van der Waals surface area contributed by atoms with Gasteiger partial charge in [-0.25, -0.2) is 4.98 Å². The predicted octanol–water partition coefficient (Wildman–Crippen LogP) is 3.28. The SMILES string of the molecule is CC(C)(O)CNc1nc(NCc2cc([N+](=O)[O-])ccc2O)c2ncn(Cc3ccccc3)c2n1. The van der Waals surface area contributed by atoms with Crippen molar-refractivity contribution in [1.29, 1.82) is 0 Å². The number of fused-ring (bicyclic) bond motifs is 1. The van der Waals surface area contributed by atoms with Crippen LogP contribution in [0.5, 0.6) is 5.75 Å². The van der Waals surface area contributed by atoms with Crippen LogP contribution in [0.25, 0.3) is 11.2 Å². The van der Waals surface area contributed by atoms with Gasteiger partial charge in [0.2, 0.25) is 5.95 Å². The first-order chi connectivity index (χ1) is 16.2. The lowest BCUT2D eigenvalue weighted by Crippen LogP contribution is -2.30. The number of rotatable bonds is 9. The Kier molecular flexibility index (Phi) is 6.28. The Hall–Kier alpha value is -4.25. The van der Waals surface area contributed by atoms with Crippen LogP contribution in [0.1, 0.15) is 25.0 Å². The molecular formula is C23H25N7O4. The molecule has 0 aliphatic carbocycles. The number of nitrogens with zero attached hydrogens (tertiary/aromatic N) is 5. The summed E-state index contributed by atoms with van der Waals surface area (Å²) in [7, 11) is 0. The summed E-state index contributed by atoms with van der Waals surface area (Å²) in [6.07, 6.45) is 1.67. The Morgan fingerprint density at radius 1 is 1.12 bits per heavy atom. The molecule has 0 unspecified atom stereocenters. The van der Waals surface area contributed by atoms with Crippen LogP contribution >= 0.6 is 0 Å². The highest BCUT2D eigenvalue weighted by molar-refractivity contribution is 5.84. The van der Waals surface area contributed by atoms with Gasteiger partial charge in [-0.2, -0.15) is 9.97 Å². The number of aliphatic hydroxyl groups is 1. The number of benzene rings is 2. The average Bonchev–Trinajstić information content (AvgIpc) is 3.19. The minimum absolute atomic E-state index is 0.0709. The van der Waals surface area contributed by atoms with Crippen LogP contribution in [0.15, 0.2) is 54.9 Å². The molecule has 2 heterocycles. The van der Waals surface area contributed by atoms with Crippen LogP contribution in [0.3, 0.4) is 0 Å². The number of imidazole rings is 1. The van der Waals surface area contributed by atoms with Crippen LogP contribution in [0, 0.1) is 10.1 Å². The number of non-ortho nitro benzene ring substituents is 1. The van der Waals surface area contributed by atoms with Gasteiger partial charge in [0.1, 0.15) is 5.75 Å². The number of aromatic hydroxyl groups is 1. The molecule has 0 atom stereocenters.